The molecule has 1 aliphatic heterocycles. The standard InChI is InChI=1S/C36H42BrCl2NO5/c1-7-44-30-15-22(14-23(37)34(30)45-20-21-9-10-24(38)25(39)13-21)31-32-26(16-35(2,3)18-28(32)41)40(11-8-12-43-6)27-17-36(4,5)19-29(42)33(27)31/h9-10,13-15,31H,7-8,11-12,16-20H2,1-6H3. The number of Topliss-reactive ketones (excluding diaryl/α,β-unsaturated/α-hetero) is 2. The summed E-state index contributed by atoms with van der Waals surface area (Å²) in [5.41, 5.74) is 4.86. The predicted molar refractivity (Wildman–Crippen MR) is 182 cm³/mol. The Labute approximate surface area is 285 Å². The lowest BCUT2D eigenvalue weighted by molar-refractivity contribution is -0.119. The van der Waals surface area contributed by atoms with Gasteiger partial charge in [0.05, 0.1) is 21.1 Å². The molecule has 2 aromatic carbocycles. The molecule has 6 nitrogen and oxygen atoms in total. The van der Waals surface area contributed by atoms with Gasteiger partial charge in [-0.1, -0.05) is 57.0 Å². The zero-order valence-electron chi connectivity index (χ0n) is 27.0. The van der Waals surface area contributed by atoms with Crippen molar-refractivity contribution in [3.05, 3.63) is 78.5 Å². The second-order valence-electron chi connectivity index (χ2n) is 13.8. The zero-order chi connectivity index (χ0) is 32.7. The monoisotopic (exact) mass is 717 g/mol. The first-order valence-electron chi connectivity index (χ1n) is 15.6. The molecule has 0 unspecified atom stereocenters. The minimum Gasteiger partial charge on any atom is -0.490 e. The van der Waals surface area contributed by atoms with Crippen molar-refractivity contribution in [1.29, 1.82) is 0 Å². The van der Waals surface area contributed by atoms with Gasteiger partial charge in [0.2, 0.25) is 0 Å². The number of rotatable bonds is 10. The molecule has 0 fully saturated rings. The number of benzene rings is 2. The van der Waals surface area contributed by atoms with E-state index in [1.165, 1.54) is 0 Å². The average Bonchev–Trinajstić information content (AvgIpc) is 2.93. The summed E-state index contributed by atoms with van der Waals surface area (Å²) in [6.45, 7) is 12.5. The van der Waals surface area contributed by atoms with Crippen molar-refractivity contribution in [2.75, 3.05) is 26.9 Å². The molecule has 0 radical (unpaired) electrons. The van der Waals surface area contributed by atoms with Crippen molar-refractivity contribution in [3.8, 4) is 11.5 Å². The number of halogens is 3. The van der Waals surface area contributed by atoms with Crippen molar-refractivity contribution in [3.63, 3.8) is 0 Å². The van der Waals surface area contributed by atoms with E-state index in [0.29, 0.717) is 58.6 Å². The van der Waals surface area contributed by atoms with E-state index in [1.54, 1.807) is 19.2 Å². The molecule has 5 rings (SSSR count). The molecule has 0 atom stereocenters. The number of ketones is 2. The molecule has 0 bridgehead atoms. The average molecular weight is 720 g/mol. The number of nitrogens with zero attached hydrogens (tertiary/aromatic N) is 1. The Kier molecular flexibility index (Phi) is 10.2. The van der Waals surface area contributed by atoms with E-state index >= 15 is 0 Å². The fraction of sp³-hybridized carbons (Fsp3) is 0.500. The van der Waals surface area contributed by atoms with Crippen molar-refractivity contribution in [1.82, 2.24) is 4.90 Å². The van der Waals surface area contributed by atoms with Crippen LogP contribution in [0.3, 0.4) is 0 Å². The van der Waals surface area contributed by atoms with Crippen LogP contribution in [0.1, 0.15) is 83.8 Å². The van der Waals surface area contributed by atoms with Gasteiger partial charge in [0.15, 0.2) is 23.1 Å². The van der Waals surface area contributed by atoms with Crippen molar-refractivity contribution in [2.24, 2.45) is 10.8 Å². The summed E-state index contributed by atoms with van der Waals surface area (Å²) in [6.07, 6.45) is 3.17. The van der Waals surface area contributed by atoms with Gasteiger partial charge < -0.3 is 19.1 Å². The SMILES string of the molecule is CCOc1cc(C2C3=C(CC(C)(C)CC3=O)N(CCCOC)C3=C2C(=O)CC(C)(C)C3)cc(Br)c1OCc1ccc(Cl)c(Cl)c1. The molecular weight excluding hydrogens is 677 g/mol. The summed E-state index contributed by atoms with van der Waals surface area (Å²) in [4.78, 5) is 30.6. The summed E-state index contributed by atoms with van der Waals surface area (Å²) in [5.74, 6) is 0.795. The molecule has 2 aliphatic carbocycles. The minimum absolute atomic E-state index is 0.0983. The van der Waals surface area contributed by atoms with Crippen molar-refractivity contribution in [2.45, 2.75) is 79.2 Å². The molecule has 0 spiro atoms. The second-order valence-corrected chi connectivity index (χ2v) is 15.5. The Morgan fingerprint density at radius 3 is 2.07 bits per heavy atom. The van der Waals surface area contributed by atoms with Crippen molar-refractivity contribution >= 4 is 50.7 Å². The van der Waals surface area contributed by atoms with Crippen LogP contribution in [0.5, 0.6) is 11.5 Å². The Hall–Kier alpha value is -2.32. The minimum atomic E-state index is -0.486. The van der Waals surface area contributed by atoms with Crippen LogP contribution < -0.4 is 9.47 Å². The van der Waals surface area contributed by atoms with Crippen LogP contribution in [-0.2, 0) is 20.9 Å². The lowest BCUT2D eigenvalue weighted by Gasteiger charge is -2.49. The van der Waals surface area contributed by atoms with E-state index in [9.17, 15) is 9.59 Å². The van der Waals surface area contributed by atoms with Gasteiger partial charge in [0, 0.05) is 61.6 Å². The van der Waals surface area contributed by atoms with Gasteiger partial charge >= 0.3 is 0 Å². The third-order valence-electron chi connectivity index (χ3n) is 8.78. The fourth-order valence-corrected chi connectivity index (χ4v) is 7.86. The molecule has 0 saturated carbocycles. The van der Waals surface area contributed by atoms with E-state index in [4.69, 9.17) is 37.4 Å². The first kappa shape index (κ1) is 34.0. The number of hydrogen-bond donors (Lipinski definition) is 0. The normalized spacial score (nSPS) is 19.5. The molecular formula is C36H42BrCl2NO5. The van der Waals surface area contributed by atoms with Gasteiger partial charge in [0.1, 0.15) is 6.61 Å². The summed E-state index contributed by atoms with van der Waals surface area (Å²) < 4.78 is 18.5. The van der Waals surface area contributed by atoms with Gasteiger partial charge in [-0.05, 0) is 88.3 Å². The van der Waals surface area contributed by atoms with E-state index in [1.807, 2.05) is 25.1 Å². The molecule has 0 amide bonds. The Morgan fingerprint density at radius 1 is 0.889 bits per heavy atom. The highest BCUT2D eigenvalue weighted by Crippen LogP contribution is 2.55. The van der Waals surface area contributed by atoms with Crippen LogP contribution in [0.4, 0.5) is 0 Å². The summed E-state index contributed by atoms with van der Waals surface area (Å²) in [6, 6.07) is 9.31. The second kappa shape index (κ2) is 13.4. The fourth-order valence-electron chi connectivity index (χ4n) is 6.96. The molecule has 242 valence electrons. The molecule has 0 saturated heterocycles. The van der Waals surface area contributed by atoms with Crippen molar-refractivity contribution < 1.29 is 23.8 Å². The van der Waals surface area contributed by atoms with Crippen LogP contribution >= 0.6 is 39.1 Å². The molecule has 0 aromatic heterocycles. The topological polar surface area (TPSA) is 65.1 Å². The van der Waals surface area contributed by atoms with Crippen LogP contribution in [0.25, 0.3) is 0 Å². The summed E-state index contributed by atoms with van der Waals surface area (Å²) in [5, 5.41) is 0.939. The third kappa shape index (κ3) is 7.17. The van der Waals surface area contributed by atoms with Crippen LogP contribution in [0.2, 0.25) is 10.0 Å². The largest absolute Gasteiger partial charge is 0.490 e. The summed E-state index contributed by atoms with van der Waals surface area (Å²) in [7, 11) is 1.70. The highest BCUT2D eigenvalue weighted by molar-refractivity contribution is 9.10. The number of carbonyl (C=O) groups is 2. The lowest BCUT2D eigenvalue weighted by Crippen LogP contribution is -2.44. The number of carbonyl (C=O) groups excluding carboxylic acids is 2. The van der Waals surface area contributed by atoms with E-state index in [-0.39, 0.29) is 29.0 Å². The highest BCUT2D eigenvalue weighted by atomic mass is 79.9. The van der Waals surface area contributed by atoms with Crippen LogP contribution in [0, 0.1) is 10.8 Å². The van der Waals surface area contributed by atoms with Gasteiger partial charge in [-0.2, -0.15) is 0 Å². The zero-order valence-corrected chi connectivity index (χ0v) is 30.0. The number of hydrogen-bond acceptors (Lipinski definition) is 6. The summed E-state index contributed by atoms with van der Waals surface area (Å²) >= 11 is 16.1. The van der Waals surface area contributed by atoms with Gasteiger partial charge in [-0.15, -0.1) is 0 Å². The molecule has 45 heavy (non-hydrogen) atoms. The first-order valence-corrected chi connectivity index (χ1v) is 17.1. The third-order valence-corrected chi connectivity index (χ3v) is 10.1. The Balaban J connectivity index is 1.65. The number of methoxy groups -OCH3 is 1. The quantitative estimate of drug-likeness (QED) is 0.228. The lowest BCUT2D eigenvalue weighted by atomic mass is 9.63. The Bertz CT molecular complexity index is 1520. The maximum Gasteiger partial charge on any atom is 0.175 e. The van der Waals surface area contributed by atoms with Gasteiger partial charge in [0.25, 0.3) is 0 Å². The molecule has 0 N–H and O–H groups in total. The highest BCUT2D eigenvalue weighted by Gasteiger charge is 2.49. The van der Waals surface area contributed by atoms with Crippen LogP contribution in [0.15, 0.2) is 57.3 Å². The van der Waals surface area contributed by atoms with E-state index in [0.717, 1.165) is 52.9 Å². The maximum atomic E-state index is 14.2. The Morgan fingerprint density at radius 2 is 1.51 bits per heavy atom. The maximum absolute atomic E-state index is 14.2. The number of ether oxygens (including phenoxy) is 3. The van der Waals surface area contributed by atoms with Gasteiger partial charge in [-0.25, -0.2) is 0 Å². The molecule has 2 aromatic rings. The van der Waals surface area contributed by atoms with E-state index < -0.39 is 5.92 Å². The molecule has 3 aliphatic rings. The van der Waals surface area contributed by atoms with Crippen LogP contribution in [-0.4, -0.2) is 43.3 Å². The van der Waals surface area contributed by atoms with Gasteiger partial charge in [-0.3, -0.25) is 9.59 Å². The molecule has 9 heteroatoms. The molecule has 1 heterocycles. The number of allylic oxidation sites excluding steroid dienone is 4. The smallest absolute Gasteiger partial charge is 0.175 e. The first-order chi connectivity index (χ1) is 21.2. The van der Waals surface area contributed by atoms with E-state index in [2.05, 4.69) is 48.5 Å². The predicted octanol–water partition coefficient (Wildman–Crippen LogP) is 9.46.